The number of ether oxygens (including phenoxy) is 1. The number of pyridine rings is 1. The van der Waals surface area contributed by atoms with Crippen LogP contribution in [-0.2, 0) is 4.79 Å². The van der Waals surface area contributed by atoms with E-state index in [0.717, 1.165) is 56.0 Å². The fourth-order valence-corrected chi connectivity index (χ4v) is 6.27. The molecule has 2 amide bonds. The van der Waals surface area contributed by atoms with E-state index in [1.54, 1.807) is 24.3 Å². The molecule has 5 rings (SSSR count). The lowest BCUT2D eigenvalue weighted by Gasteiger charge is -2.41. The zero-order valence-electron chi connectivity index (χ0n) is 22.4. The second kappa shape index (κ2) is 12.5. The van der Waals surface area contributed by atoms with Gasteiger partial charge in [0.05, 0.1) is 11.3 Å². The van der Waals surface area contributed by atoms with Gasteiger partial charge in [0.25, 0.3) is 11.8 Å². The fourth-order valence-electron chi connectivity index (χ4n) is 6.15. The summed E-state index contributed by atoms with van der Waals surface area (Å²) in [6.45, 7) is 6.74. The van der Waals surface area contributed by atoms with Crippen LogP contribution in [0, 0.1) is 6.92 Å². The summed E-state index contributed by atoms with van der Waals surface area (Å²) in [7, 11) is 0. The van der Waals surface area contributed by atoms with Gasteiger partial charge in [0.2, 0.25) is 0 Å². The van der Waals surface area contributed by atoms with Crippen molar-refractivity contribution < 1.29 is 14.3 Å². The largest absolute Gasteiger partial charge is 0.484 e. The van der Waals surface area contributed by atoms with Crippen LogP contribution in [0.25, 0.3) is 0 Å². The fraction of sp³-hybridized carbons (Fsp3) is 0.567. The predicted octanol–water partition coefficient (Wildman–Crippen LogP) is 4.92. The molecule has 2 saturated heterocycles. The monoisotopic (exact) mass is 538 g/mol. The van der Waals surface area contributed by atoms with Gasteiger partial charge in [-0.15, -0.1) is 0 Å². The minimum atomic E-state index is -0.0252. The van der Waals surface area contributed by atoms with Crippen LogP contribution in [-0.4, -0.2) is 83.4 Å². The van der Waals surface area contributed by atoms with Crippen molar-refractivity contribution in [3.8, 4) is 5.75 Å². The second-order valence-electron chi connectivity index (χ2n) is 10.9. The van der Waals surface area contributed by atoms with E-state index in [2.05, 4.69) is 4.90 Å². The number of benzene rings is 1. The molecule has 0 radical (unpaired) electrons. The summed E-state index contributed by atoms with van der Waals surface area (Å²) in [6, 6.07) is 11.6. The van der Waals surface area contributed by atoms with E-state index in [1.807, 2.05) is 28.9 Å². The van der Waals surface area contributed by atoms with Gasteiger partial charge in [0, 0.05) is 61.9 Å². The molecule has 1 aromatic heterocycles. The number of halogens is 1. The Balaban J connectivity index is 1.16. The van der Waals surface area contributed by atoms with Gasteiger partial charge in [-0.05, 0) is 69.0 Å². The van der Waals surface area contributed by atoms with Gasteiger partial charge in [0.15, 0.2) is 6.61 Å². The van der Waals surface area contributed by atoms with E-state index in [-0.39, 0.29) is 24.3 Å². The van der Waals surface area contributed by atoms with Gasteiger partial charge in [-0.3, -0.25) is 19.5 Å². The van der Waals surface area contributed by atoms with Crippen LogP contribution in [0.5, 0.6) is 5.75 Å². The molecule has 0 unspecified atom stereocenters. The number of carbonyl (C=O) groups excluding carboxylic acids is 2. The summed E-state index contributed by atoms with van der Waals surface area (Å²) in [5.74, 6) is 0.872. The van der Waals surface area contributed by atoms with Crippen molar-refractivity contribution in [2.45, 2.75) is 63.8 Å². The maximum absolute atomic E-state index is 13.6. The van der Waals surface area contributed by atoms with E-state index in [0.29, 0.717) is 29.9 Å². The number of amides is 2. The maximum atomic E-state index is 13.6. The molecule has 38 heavy (non-hydrogen) atoms. The molecule has 3 heterocycles. The van der Waals surface area contributed by atoms with Crippen LogP contribution in [0.4, 0.5) is 0 Å². The molecule has 0 N–H and O–H groups in total. The van der Waals surface area contributed by atoms with Gasteiger partial charge in [0.1, 0.15) is 5.75 Å². The summed E-state index contributed by atoms with van der Waals surface area (Å²) in [4.78, 5) is 37.7. The highest BCUT2D eigenvalue weighted by molar-refractivity contribution is 6.30. The van der Waals surface area contributed by atoms with Crippen LogP contribution >= 0.6 is 11.6 Å². The number of hydrogen-bond acceptors (Lipinski definition) is 5. The first-order chi connectivity index (χ1) is 18.5. The number of hydrogen-bond donors (Lipinski definition) is 0. The van der Waals surface area contributed by atoms with Gasteiger partial charge >= 0.3 is 0 Å². The first kappa shape index (κ1) is 26.9. The molecule has 7 nitrogen and oxygen atoms in total. The number of aromatic nitrogens is 1. The highest BCUT2D eigenvalue weighted by atomic mass is 35.5. The normalized spacial score (nSPS) is 19.9. The molecular weight excluding hydrogens is 500 g/mol. The molecule has 2 aliphatic heterocycles. The Kier molecular flexibility index (Phi) is 8.85. The number of carbonyl (C=O) groups is 2. The van der Waals surface area contributed by atoms with Crippen LogP contribution < -0.4 is 4.74 Å². The predicted molar refractivity (Wildman–Crippen MR) is 149 cm³/mol. The molecule has 2 aromatic rings. The summed E-state index contributed by atoms with van der Waals surface area (Å²) in [6.07, 6.45) is 8.22. The lowest BCUT2D eigenvalue weighted by atomic mass is 9.89. The Morgan fingerprint density at radius 2 is 1.55 bits per heavy atom. The van der Waals surface area contributed by atoms with E-state index in [9.17, 15) is 9.59 Å². The van der Waals surface area contributed by atoms with Gasteiger partial charge in [-0.25, -0.2) is 0 Å². The van der Waals surface area contributed by atoms with Crippen molar-refractivity contribution in [2.75, 3.05) is 45.9 Å². The molecule has 204 valence electrons. The first-order valence-electron chi connectivity index (χ1n) is 14.1. The van der Waals surface area contributed by atoms with Gasteiger partial charge in [-0.2, -0.15) is 0 Å². The average Bonchev–Trinajstić information content (AvgIpc) is 2.97. The highest BCUT2D eigenvalue weighted by Gasteiger charge is 2.32. The Hall–Kier alpha value is -2.64. The zero-order chi connectivity index (χ0) is 26.5. The topological polar surface area (TPSA) is 66.0 Å². The summed E-state index contributed by atoms with van der Waals surface area (Å²) in [5, 5.41) is 0.634. The molecular formula is C30H39ClN4O3. The van der Waals surface area contributed by atoms with Crippen LogP contribution in [0.1, 0.15) is 72.6 Å². The van der Waals surface area contributed by atoms with Crippen molar-refractivity contribution in [3.05, 3.63) is 58.4 Å². The zero-order valence-corrected chi connectivity index (χ0v) is 23.2. The minimum absolute atomic E-state index is 0.00552. The number of aryl methyl sites for hydroxylation is 1. The maximum Gasteiger partial charge on any atom is 0.260 e. The molecule has 1 aromatic carbocycles. The Morgan fingerprint density at radius 3 is 2.24 bits per heavy atom. The summed E-state index contributed by atoms with van der Waals surface area (Å²) in [5.41, 5.74) is 2.56. The number of likely N-dealkylation sites (tertiary alicyclic amines) is 1. The summed E-state index contributed by atoms with van der Waals surface area (Å²) < 4.78 is 5.65. The number of nitrogens with zero attached hydrogens (tertiary/aromatic N) is 4. The van der Waals surface area contributed by atoms with Crippen LogP contribution in [0.15, 0.2) is 36.4 Å². The molecule has 1 saturated carbocycles. The molecule has 3 aliphatic rings. The molecule has 3 fully saturated rings. The number of piperazine rings is 1. The Bertz CT molecular complexity index is 1100. The van der Waals surface area contributed by atoms with Crippen LogP contribution in [0.2, 0.25) is 5.02 Å². The molecule has 0 atom stereocenters. The standard InChI is InChI=1S/C30H39ClN4O3/c1-22-7-12-27(30(37)35-19-17-33(18-20-35)25-5-3-2-4-6-25)29(32-22)23-13-15-34(16-14-23)28(36)21-38-26-10-8-24(31)9-11-26/h7-12,23,25H,2-6,13-21H2,1H3. The van der Waals surface area contributed by atoms with Crippen molar-refractivity contribution in [1.29, 1.82) is 0 Å². The SMILES string of the molecule is Cc1ccc(C(=O)N2CCN(C3CCCCC3)CC2)c(C2CCN(C(=O)COc3ccc(Cl)cc3)CC2)n1. The smallest absolute Gasteiger partial charge is 0.260 e. The Morgan fingerprint density at radius 1 is 0.868 bits per heavy atom. The lowest BCUT2D eigenvalue weighted by molar-refractivity contribution is -0.134. The highest BCUT2D eigenvalue weighted by Crippen LogP contribution is 2.31. The van der Waals surface area contributed by atoms with E-state index in [4.69, 9.17) is 21.3 Å². The van der Waals surface area contributed by atoms with E-state index in [1.165, 1.54) is 32.1 Å². The van der Waals surface area contributed by atoms with E-state index < -0.39 is 0 Å². The van der Waals surface area contributed by atoms with Crippen molar-refractivity contribution in [3.63, 3.8) is 0 Å². The van der Waals surface area contributed by atoms with E-state index >= 15 is 0 Å². The third kappa shape index (κ3) is 6.49. The first-order valence-corrected chi connectivity index (χ1v) is 14.5. The van der Waals surface area contributed by atoms with Crippen molar-refractivity contribution >= 4 is 23.4 Å². The molecule has 1 aliphatic carbocycles. The van der Waals surface area contributed by atoms with Crippen molar-refractivity contribution in [1.82, 2.24) is 19.7 Å². The summed E-state index contributed by atoms with van der Waals surface area (Å²) >= 11 is 5.92. The Labute approximate surface area is 231 Å². The van der Waals surface area contributed by atoms with Gasteiger partial charge in [-0.1, -0.05) is 30.9 Å². The third-order valence-corrected chi connectivity index (χ3v) is 8.65. The number of rotatable bonds is 6. The van der Waals surface area contributed by atoms with Gasteiger partial charge < -0.3 is 14.5 Å². The average molecular weight is 539 g/mol. The molecule has 0 bridgehead atoms. The van der Waals surface area contributed by atoms with Crippen molar-refractivity contribution in [2.24, 2.45) is 0 Å². The quantitative estimate of drug-likeness (QED) is 0.522. The van der Waals surface area contributed by atoms with Crippen LogP contribution in [0.3, 0.4) is 0 Å². The second-order valence-corrected chi connectivity index (χ2v) is 11.3. The lowest BCUT2D eigenvalue weighted by Crippen LogP contribution is -2.52. The minimum Gasteiger partial charge on any atom is -0.484 e. The number of piperidine rings is 1. The third-order valence-electron chi connectivity index (χ3n) is 8.40. The molecule has 0 spiro atoms. The molecule has 8 heteroatoms.